The maximum atomic E-state index is 14.3. The van der Waals surface area contributed by atoms with E-state index in [9.17, 15) is 13.6 Å². The third kappa shape index (κ3) is 5.28. The van der Waals surface area contributed by atoms with E-state index in [1.54, 1.807) is 12.1 Å². The highest BCUT2D eigenvalue weighted by Gasteiger charge is 2.32. The van der Waals surface area contributed by atoms with Gasteiger partial charge in [-0.2, -0.15) is 4.98 Å². The zero-order valence-electron chi connectivity index (χ0n) is 16.7. The van der Waals surface area contributed by atoms with Crippen LogP contribution < -0.4 is 15.2 Å². The number of nitrogens with two attached hydrogens (primary N) is 1. The van der Waals surface area contributed by atoms with Crippen LogP contribution in [0.25, 0.3) is 11.1 Å². The van der Waals surface area contributed by atoms with Gasteiger partial charge in [-0.1, -0.05) is 29.8 Å². The molecule has 0 aliphatic carbocycles. The van der Waals surface area contributed by atoms with E-state index < -0.39 is 35.0 Å². The Balaban J connectivity index is 1.96. The highest BCUT2D eigenvalue weighted by Crippen LogP contribution is 2.33. The second-order valence-electron chi connectivity index (χ2n) is 7.16. The van der Waals surface area contributed by atoms with Crippen LogP contribution >= 0.6 is 11.6 Å². The number of ether oxygens (including phenoxy) is 2. The van der Waals surface area contributed by atoms with Crippen molar-refractivity contribution in [2.45, 2.75) is 26.0 Å². The predicted molar refractivity (Wildman–Crippen MR) is 111 cm³/mol. The Morgan fingerprint density at radius 1 is 1.10 bits per heavy atom. The van der Waals surface area contributed by atoms with Gasteiger partial charge in [0.25, 0.3) is 11.8 Å². The SMILES string of the molecule is CC(C)(Oc1nc(Oc2cc(Cl)cc(-c3cccc(CN)c3)c2)c(F)cc1F)C(=O)O. The van der Waals surface area contributed by atoms with Gasteiger partial charge in [0.15, 0.2) is 11.6 Å². The number of carboxylic acids is 1. The summed E-state index contributed by atoms with van der Waals surface area (Å²) in [4.78, 5) is 14.9. The Bertz CT molecular complexity index is 1140. The van der Waals surface area contributed by atoms with Crippen LogP contribution in [-0.2, 0) is 11.3 Å². The van der Waals surface area contributed by atoms with Gasteiger partial charge in [0.2, 0.25) is 5.60 Å². The first kappa shape index (κ1) is 22.5. The van der Waals surface area contributed by atoms with Crippen molar-refractivity contribution in [1.29, 1.82) is 0 Å². The Hall–Kier alpha value is -3.23. The molecule has 0 saturated heterocycles. The number of benzene rings is 2. The molecule has 1 heterocycles. The maximum absolute atomic E-state index is 14.3. The van der Waals surface area contributed by atoms with E-state index in [1.807, 2.05) is 24.3 Å². The van der Waals surface area contributed by atoms with Crippen molar-refractivity contribution in [1.82, 2.24) is 4.98 Å². The number of aliphatic carboxylic acids is 1. The fourth-order valence-corrected chi connectivity index (χ4v) is 2.87. The topological polar surface area (TPSA) is 94.7 Å². The highest BCUT2D eigenvalue weighted by atomic mass is 35.5. The van der Waals surface area contributed by atoms with Gasteiger partial charge in [-0.05, 0) is 54.8 Å². The maximum Gasteiger partial charge on any atom is 0.347 e. The van der Waals surface area contributed by atoms with Crippen molar-refractivity contribution in [3.8, 4) is 28.6 Å². The Morgan fingerprint density at radius 3 is 2.48 bits per heavy atom. The molecule has 9 heteroatoms. The smallest absolute Gasteiger partial charge is 0.347 e. The van der Waals surface area contributed by atoms with Crippen LogP contribution in [0.1, 0.15) is 19.4 Å². The molecule has 162 valence electrons. The van der Waals surface area contributed by atoms with E-state index in [0.717, 1.165) is 11.1 Å². The van der Waals surface area contributed by atoms with Gasteiger partial charge >= 0.3 is 5.97 Å². The van der Waals surface area contributed by atoms with Crippen LogP contribution in [0.15, 0.2) is 48.5 Å². The Kier molecular flexibility index (Phi) is 6.42. The lowest BCUT2D eigenvalue weighted by Crippen LogP contribution is -2.38. The molecule has 3 rings (SSSR count). The van der Waals surface area contributed by atoms with Gasteiger partial charge < -0.3 is 20.3 Å². The third-order valence-electron chi connectivity index (χ3n) is 4.31. The number of pyridine rings is 1. The van der Waals surface area contributed by atoms with Gasteiger partial charge in [-0.15, -0.1) is 0 Å². The summed E-state index contributed by atoms with van der Waals surface area (Å²) in [6.07, 6.45) is 0. The van der Waals surface area contributed by atoms with Crippen LogP contribution in [-0.4, -0.2) is 21.7 Å². The molecule has 6 nitrogen and oxygen atoms in total. The minimum Gasteiger partial charge on any atom is -0.478 e. The summed E-state index contributed by atoms with van der Waals surface area (Å²) in [5.74, 6) is -4.76. The predicted octanol–water partition coefficient (Wildman–Crippen LogP) is 5.17. The van der Waals surface area contributed by atoms with E-state index in [1.165, 1.54) is 19.9 Å². The largest absolute Gasteiger partial charge is 0.478 e. The number of halogens is 3. The van der Waals surface area contributed by atoms with Gasteiger partial charge in [-0.3, -0.25) is 0 Å². The summed E-state index contributed by atoms with van der Waals surface area (Å²) in [6, 6.07) is 12.7. The molecular formula is C22H19ClF2N2O4. The molecule has 0 aliphatic rings. The second kappa shape index (κ2) is 8.87. The van der Waals surface area contributed by atoms with E-state index in [2.05, 4.69) is 4.98 Å². The molecule has 3 N–H and O–H groups in total. The van der Waals surface area contributed by atoms with Crippen LogP contribution in [0.4, 0.5) is 8.78 Å². The quantitative estimate of drug-likeness (QED) is 0.517. The van der Waals surface area contributed by atoms with Crippen molar-refractivity contribution in [3.05, 3.63) is 70.8 Å². The normalized spacial score (nSPS) is 11.3. The van der Waals surface area contributed by atoms with Gasteiger partial charge in [0.1, 0.15) is 5.75 Å². The fourth-order valence-electron chi connectivity index (χ4n) is 2.64. The summed E-state index contributed by atoms with van der Waals surface area (Å²) in [6.45, 7) is 2.77. The van der Waals surface area contributed by atoms with Crippen molar-refractivity contribution < 1.29 is 28.2 Å². The summed E-state index contributed by atoms with van der Waals surface area (Å²) in [5.41, 5.74) is 6.30. The summed E-state index contributed by atoms with van der Waals surface area (Å²) in [5, 5.41) is 9.47. The van der Waals surface area contributed by atoms with E-state index >= 15 is 0 Å². The van der Waals surface area contributed by atoms with Crippen molar-refractivity contribution >= 4 is 17.6 Å². The first-order chi connectivity index (χ1) is 14.6. The van der Waals surface area contributed by atoms with Crippen LogP contribution in [0.2, 0.25) is 5.02 Å². The summed E-state index contributed by atoms with van der Waals surface area (Å²) in [7, 11) is 0. The zero-order chi connectivity index (χ0) is 22.8. The number of nitrogens with zero attached hydrogens (tertiary/aromatic N) is 1. The van der Waals surface area contributed by atoms with Crippen LogP contribution in [0.3, 0.4) is 0 Å². The van der Waals surface area contributed by atoms with Gasteiger partial charge in [0, 0.05) is 17.6 Å². The lowest BCUT2D eigenvalue weighted by molar-refractivity contribution is -0.152. The van der Waals surface area contributed by atoms with Crippen LogP contribution in [0.5, 0.6) is 17.5 Å². The molecule has 1 aromatic heterocycles. The molecule has 0 radical (unpaired) electrons. The minimum atomic E-state index is -1.79. The number of aromatic nitrogens is 1. The Morgan fingerprint density at radius 2 is 1.81 bits per heavy atom. The number of hydrogen-bond donors (Lipinski definition) is 2. The molecule has 0 unspecified atom stereocenters. The highest BCUT2D eigenvalue weighted by molar-refractivity contribution is 6.31. The molecule has 0 amide bonds. The second-order valence-corrected chi connectivity index (χ2v) is 7.60. The lowest BCUT2D eigenvalue weighted by Gasteiger charge is -2.21. The monoisotopic (exact) mass is 448 g/mol. The Labute approximate surface area is 182 Å². The molecule has 0 atom stereocenters. The average Bonchev–Trinajstić information content (AvgIpc) is 2.71. The first-order valence-electron chi connectivity index (χ1n) is 9.15. The van der Waals surface area contributed by atoms with Crippen molar-refractivity contribution in [2.75, 3.05) is 0 Å². The summed E-state index contributed by atoms with van der Waals surface area (Å²) < 4.78 is 39.0. The number of hydrogen-bond acceptors (Lipinski definition) is 5. The van der Waals surface area contributed by atoms with Crippen molar-refractivity contribution in [2.24, 2.45) is 5.73 Å². The first-order valence-corrected chi connectivity index (χ1v) is 9.53. The fraction of sp³-hybridized carbons (Fsp3) is 0.182. The molecule has 0 bridgehead atoms. The average molecular weight is 449 g/mol. The van der Waals surface area contributed by atoms with Gasteiger partial charge in [-0.25, -0.2) is 13.6 Å². The molecule has 0 aliphatic heterocycles. The lowest BCUT2D eigenvalue weighted by atomic mass is 10.0. The standard InChI is InChI=1S/C22H19ClF2N2O4/c1-22(2,21(28)29)31-20-18(25)10-17(24)19(27-20)30-16-8-14(7-15(23)9-16)13-5-3-4-12(6-13)11-26/h3-10H,11,26H2,1-2H3,(H,28,29). The van der Waals surface area contributed by atoms with Gasteiger partial charge in [0.05, 0.1) is 0 Å². The minimum absolute atomic E-state index is 0.141. The summed E-state index contributed by atoms with van der Waals surface area (Å²) >= 11 is 6.19. The molecule has 3 aromatic rings. The number of carboxylic acid groups (broad SMARTS) is 1. The molecule has 31 heavy (non-hydrogen) atoms. The van der Waals surface area contributed by atoms with E-state index in [-0.39, 0.29) is 5.75 Å². The molecule has 0 fully saturated rings. The molecular weight excluding hydrogens is 430 g/mol. The van der Waals surface area contributed by atoms with Crippen molar-refractivity contribution in [3.63, 3.8) is 0 Å². The number of rotatable bonds is 7. The third-order valence-corrected chi connectivity index (χ3v) is 4.53. The van der Waals surface area contributed by atoms with Crippen LogP contribution in [0, 0.1) is 11.6 Å². The number of carbonyl (C=O) groups is 1. The molecule has 2 aromatic carbocycles. The zero-order valence-corrected chi connectivity index (χ0v) is 17.4. The molecule has 0 saturated carbocycles. The van der Waals surface area contributed by atoms with E-state index in [4.69, 9.17) is 31.9 Å². The van der Waals surface area contributed by atoms with E-state index in [0.29, 0.717) is 23.2 Å². The molecule has 0 spiro atoms.